The molecule has 3 nitrogen and oxygen atoms in total. The van der Waals surface area contributed by atoms with Gasteiger partial charge in [0.05, 0.1) is 5.41 Å². The fourth-order valence-corrected chi connectivity index (χ4v) is 3.04. The Morgan fingerprint density at radius 1 is 1.47 bits per heavy atom. The molecule has 19 heavy (non-hydrogen) atoms. The summed E-state index contributed by atoms with van der Waals surface area (Å²) in [6, 6.07) is 6.02. The number of benzene rings is 1. The maximum atomic E-state index is 12.6. The standard InChI is InChI=1S/C15H21BrN2O/c1-3-11-9-12(16)5-6-13(11)18-14(19)15(4-2)7-8-17-10-15/h5-6,9,17H,3-4,7-8,10H2,1-2H3,(H,18,19). The minimum atomic E-state index is -0.238. The van der Waals surface area contributed by atoms with Gasteiger partial charge in [-0.05, 0) is 49.6 Å². The number of nitrogens with one attached hydrogen (secondary N) is 2. The van der Waals surface area contributed by atoms with E-state index in [-0.39, 0.29) is 11.3 Å². The van der Waals surface area contributed by atoms with E-state index in [2.05, 4.69) is 46.5 Å². The van der Waals surface area contributed by atoms with Gasteiger partial charge in [0.15, 0.2) is 0 Å². The number of carbonyl (C=O) groups excluding carboxylic acids is 1. The van der Waals surface area contributed by atoms with Crippen LogP contribution in [0.2, 0.25) is 0 Å². The Morgan fingerprint density at radius 3 is 2.84 bits per heavy atom. The summed E-state index contributed by atoms with van der Waals surface area (Å²) >= 11 is 3.47. The van der Waals surface area contributed by atoms with Gasteiger partial charge in [0.2, 0.25) is 5.91 Å². The first-order chi connectivity index (χ1) is 9.11. The van der Waals surface area contributed by atoms with Crippen LogP contribution in [0.3, 0.4) is 0 Å². The molecule has 1 atom stereocenters. The molecule has 1 aromatic carbocycles. The van der Waals surface area contributed by atoms with Crippen molar-refractivity contribution in [2.45, 2.75) is 33.1 Å². The molecule has 0 radical (unpaired) electrons. The monoisotopic (exact) mass is 324 g/mol. The molecule has 0 aliphatic carbocycles. The molecule has 1 heterocycles. The molecule has 1 aliphatic heterocycles. The van der Waals surface area contributed by atoms with Crippen LogP contribution in [-0.2, 0) is 11.2 Å². The molecule has 2 N–H and O–H groups in total. The highest BCUT2D eigenvalue weighted by Gasteiger charge is 2.39. The molecular weight excluding hydrogens is 304 g/mol. The summed E-state index contributed by atoms with van der Waals surface area (Å²) in [5.41, 5.74) is 1.87. The van der Waals surface area contributed by atoms with Gasteiger partial charge in [0.25, 0.3) is 0 Å². The molecule has 1 fully saturated rings. The Hall–Kier alpha value is -0.870. The number of carbonyl (C=O) groups is 1. The van der Waals surface area contributed by atoms with E-state index in [0.29, 0.717) is 0 Å². The molecule has 104 valence electrons. The van der Waals surface area contributed by atoms with Crippen LogP contribution in [-0.4, -0.2) is 19.0 Å². The number of hydrogen-bond donors (Lipinski definition) is 2. The summed E-state index contributed by atoms with van der Waals surface area (Å²) in [5, 5.41) is 6.42. The first-order valence-corrected chi connectivity index (χ1v) is 7.71. The van der Waals surface area contributed by atoms with Crippen LogP contribution in [0.15, 0.2) is 22.7 Å². The predicted octanol–water partition coefficient (Wildman–Crippen LogP) is 3.34. The van der Waals surface area contributed by atoms with Gasteiger partial charge in [0, 0.05) is 16.7 Å². The molecule has 1 unspecified atom stereocenters. The molecule has 2 rings (SSSR count). The molecule has 1 saturated heterocycles. The van der Waals surface area contributed by atoms with Crippen molar-refractivity contribution < 1.29 is 4.79 Å². The normalized spacial score (nSPS) is 22.5. The van der Waals surface area contributed by atoms with Crippen molar-refractivity contribution in [1.82, 2.24) is 5.32 Å². The van der Waals surface area contributed by atoms with Crippen LogP contribution in [0.5, 0.6) is 0 Å². The van der Waals surface area contributed by atoms with Crippen molar-refractivity contribution in [2.75, 3.05) is 18.4 Å². The van der Waals surface area contributed by atoms with E-state index in [4.69, 9.17) is 0 Å². The SMILES string of the molecule is CCc1cc(Br)ccc1NC(=O)C1(CC)CCNC1. The fourth-order valence-electron chi connectivity index (χ4n) is 2.63. The van der Waals surface area contributed by atoms with Gasteiger partial charge >= 0.3 is 0 Å². The second-order valence-electron chi connectivity index (χ2n) is 5.17. The molecule has 0 spiro atoms. The van der Waals surface area contributed by atoms with Crippen molar-refractivity contribution >= 4 is 27.5 Å². The zero-order valence-corrected chi connectivity index (χ0v) is 13.1. The Bertz CT molecular complexity index is 467. The largest absolute Gasteiger partial charge is 0.325 e. The van der Waals surface area contributed by atoms with Crippen molar-refractivity contribution in [1.29, 1.82) is 0 Å². The average molecular weight is 325 g/mol. The summed E-state index contributed by atoms with van der Waals surface area (Å²) < 4.78 is 1.05. The number of amides is 1. The van der Waals surface area contributed by atoms with E-state index in [0.717, 1.165) is 42.5 Å². The number of rotatable bonds is 4. The quantitative estimate of drug-likeness (QED) is 0.891. The van der Waals surface area contributed by atoms with Crippen LogP contribution in [0.4, 0.5) is 5.69 Å². The van der Waals surface area contributed by atoms with Gasteiger partial charge in [-0.1, -0.05) is 29.8 Å². The molecule has 0 bridgehead atoms. The van der Waals surface area contributed by atoms with Gasteiger partial charge < -0.3 is 10.6 Å². The summed E-state index contributed by atoms with van der Waals surface area (Å²) in [7, 11) is 0. The Morgan fingerprint density at radius 2 is 2.26 bits per heavy atom. The molecule has 0 aromatic heterocycles. The highest BCUT2D eigenvalue weighted by Crippen LogP contribution is 2.32. The van der Waals surface area contributed by atoms with Gasteiger partial charge in [-0.3, -0.25) is 4.79 Å². The minimum absolute atomic E-state index is 0.150. The highest BCUT2D eigenvalue weighted by molar-refractivity contribution is 9.10. The number of hydrogen-bond acceptors (Lipinski definition) is 2. The summed E-state index contributed by atoms with van der Waals surface area (Å²) in [4.78, 5) is 12.6. The Balaban J connectivity index is 2.19. The van der Waals surface area contributed by atoms with E-state index in [1.807, 2.05) is 12.1 Å². The van der Waals surface area contributed by atoms with E-state index in [1.165, 1.54) is 5.56 Å². The first-order valence-electron chi connectivity index (χ1n) is 6.92. The number of aryl methyl sites for hydroxylation is 1. The highest BCUT2D eigenvalue weighted by atomic mass is 79.9. The summed E-state index contributed by atoms with van der Waals surface area (Å²) in [6.07, 6.45) is 2.71. The van der Waals surface area contributed by atoms with Gasteiger partial charge in [-0.15, -0.1) is 0 Å². The van der Waals surface area contributed by atoms with Crippen LogP contribution in [0, 0.1) is 5.41 Å². The zero-order chi connectivity index (χ0) is 13.9. The van der Waals surface area contributed by atoms with E-state index in [9.17, 15) is 4.79 Å². The van der Waals surface area contributed by atoms with Crippen LogP contribution in [0.25, 0.3) is 0 Å². The molecule has 4 heteroatoms. The molecule has 0 saturated carbocycles. The number of anilines is 1. The van der Waals surface area contributed by atoms with E-state index >= 15 is 0 Å². The first kappa shape index (κ1) is 14.5. The average Bonchev–Trinajstić information content (AvgIpc) is 2.90. The fraction of sp³-hybridized carbons (Fsp3) is 0.533. The third-order valence-corrected chi connectivity index (χ3v) is 4.59. The maximum Gasteiger partial charge on any atom is 0.231 e. The third kappa shape index (κ3) is 3.00. The van der Waals surface area contributed by atoms with Crippen molar-refractivity contribution in [3.8, 4) is 0 Å². The van der Waals surface area contributed by atoms with Crippen LogP contribution < -0.4 is 10.6 Å². The Labute approximate surface area is 123 Å². The zero-order valence-electron chi connectivity index (χ0n) is 11.6. The molecule has 1 amide bonds. The molecule has 1 aromatic rings. The van der Waals surface area contributed by atoms with Gasteiger partial charge in [0.1, 0.15) is 0 Å². The lowest BCUT2D eigenvalue weighted by Gasteiger charge is -2.26. The van der Waals surface area contributed by atoms with Crippen molar-refractivity contribution in [2.24, 2.45) is 5.41 Å². The van der Waals surface area contributed by atoms with Gasteiger partial charge in [-0.25, -0.2) is 0 Å². The van der Waals surface area contributed by atoms with Crippen molar-refractivity contribution in [3.63, 3.8) is 0 Å². The summed E-state index contributed by atoms with van der Waals surface area (Å²) in [6.45, 7) is 5.91. The lowest BCUT2D eigenvalue weighted by molar-refractivity contribution is -0.124. The van der Waals surface area contributed by atoms with E-state index in [1.54, 1.807) is 0 Å². The topological polar surface area (TPSA) is 41.1 Å². The smallest absolute Gasteiger partial charge is 0.231 e. The number of halogens is 1. The van der Waals surface area contributed by atoms with Gasteiger partial charge in [-0.2, -0.15) is 0 Å². The minimum Gasteiger partial charge on any atom is -0.325 e. The predicted molar refractivity (Wildman–Crippen MR) is 82.4 cm³/mol. The summed E-state index contributed by atoms with van der Waals surface area (Å²) in [5.74, 6) is 0.150. The second kappa shape index (κ2) is 6.06. The molecular formula is C15H21BrN2O. The third-order valence-electron chi connectivity index (χ3n) is 4.10. The maximum absolute atomic E-state index is 12.6. The molecule has 1 aliphatic rings. The second-order valence-corrected chi connectivity index (χ2v) is 6.09. The van der Waals surface area contributed by atoms with Crippen LogP contribution in [0.1, 0.15) is 32.3 Å². The van der Waals surface area contributed by atoms with Crippen molar-refractivity contribution in [3.05, 3.63) is 28.2 Å². The Kier molecular flexibility index (Phi) is 4.63. The lowest BCUT2D eigenvalue weighted by atomic mass is 9.83. The lowest BCUT2D eigenvalue weighted by Crippen LogP contribution is -2.37. The van der Waals surface area contributed by atoms with E-state index < -0.39 is 0 Å². The van der Waals surface area contributed by atoms with Crippen LogP contribution >= 0.6 is 15.9 Å².